The van der Waals surface area contributed by atoms with E-state index in [0.717, 1.165) is 18.4 Å². The maximum atomic E-state index is 12.1. The number of hydrogen-bond acceptors (Lipinski definition) is 5. The number of nitrogens with one attached hydrogen (secondary N) is 1. The predicted molar refractivity (Wildman–Crippen MR) is 92.9 cm³/mol. The highest BCUT2D eigenvalue weighted by Gasteiger charge is 2.25. The Labute approximate surface area is 140 Å². The molecule has 1 aliphatic carbocycles. The Morgan fingerprint density at radius 1 is 1.17 bits per heavy atom. The average molecular weight is 332 g/mol. The van der Waals surface area contributed by atoms with E-state index in [4.69, 9.17) is 9.47 Å². The highest BCUT2D eigenvalue weighted by molar-refractivity contribution is 8.18. The Morgan fingerprint density at radius 2 is 1.83 bits per heavy atom. The van der Waals surface area contributed by atoms with Gasteiger partial charge >= 0.3 is 0 Å². The van der Waals surface area contributed by atoms with Crippen molar-refractivity contribution in [2.24, 2.45) is 4.99 Å². The molecule has 23 heavy (non-hydrogen) atoms. The van der Waals surface area contributed by atoms with E-state index in [1.165, 1.54) is 24.6 Å². The fraction of sp³-hybridized carbons (Fsp3) is 0.412. The third-order valence-corrected chi connectivity index (χ3v) is 4.87. The Morgan fingerprint density at radius 3 is 2.43 bits per heavy atom. The van der Waals surface area contributed by atoms with Crippen molar-refractivity contribution in [2.45, 2.75) is 31.7 Å². The summed E-state index contributed by atoms with van der Waals surface area (Å²) >= 11 is 1.40. The number of nitrogens with zero attached hydrogens (tertiary/aromatic N) is 1. The van der Waals surface area contributed by atoms with Gasteiger partial charge in [0.05, 0.1) is 25.2 Å². The van der Waals surface area contributed by atoms with Gasteiger partial charge in [-0.15, -0.1) is 0 Å². The molecule has 0 spiro atoms. The summed E-state index contributed by atoms with van der Waals surface area (Å²) in [6.45, 7) is 0. The maximum absolute atomic E-state index is 12.1. The number of aliphatic imine (C=N–C) groups is 1. The van der Waals surface area contributed by atoms with Gasteiger partial charge in [0, 0.05) is 6.07 Å². The van der Waals surface area contributed by atoms with Crippen molar-refractivity contribution in [3.8, 4) is 11.5 Å². The summed E-state index contributed by atoms with van der Waals surface area (Å²) < 4.78 is 10.5. The summed E-state index contributed by atoms with van der Waals surface area (Å²) in [5.74, 6) is 1.28. The van der Waals surface area contributed by atoms with Crippen LogP contribution >= 0.6 is 11.8 Å². The number of hydrogen-bond donors (Lipinski definition) is 1. The molecule has 0 atom stereocenters. The van der Waals surface area contributed by atoms with E-state index in [2.05, 4.69) is 10.3 Å². The summed E-state index contributed by atoms with van der Waals surface area (Å²) in [6, 6.07) is 5.90. The number of amidine groups is 1. The first-order valence-electron chi connectivity index (χ1n) is 7.69. The number of carbonyl (C=O) groups excluding carboxylic acids is 1. The number of methoxy groups -OCH3 is 2. The molecule has 122 valence electrons. The lowest BCUT2D eigenvalue weighted by atomic mass is 10.2. The lowest BCUT2D eigenvalue weighted by molar-refractivity contribution is -0.115. The second-order valence-electron chi connectivity index (χ2n) is 5.58. The minimum absolute atomic E-state index is 0.103. The van der Waals surface area contributed by atoms with Gasteiger partial charge in [0.2, 0.25) is 0 Å². The van der Waals surface area contributed by atoms with Crippen molar-refractivity contribution < 1.29 is 14.3 Å². The molecule has 0 radical (unpaired) electrons. The van der Waals surface area contributed by atoms with E-state index in [9.17, 15) is 4.79 Å². The maximum Gasteiger partial charge on any atom is 0.264 e. The molecule has 1 aromatic rings. The summed E-state index contributed by atoms with van der Waals surface area (Å²) in [5.41, 5.74) is 0.862. The van der Waals surface area contributed by atoms with E-state index in [1.54, 1.807) is 20.3 Å². The van der Waals surface area contributed by atoms with Crippen molar-refractivity contribution in [3.05, 3.63) is 28.7 Å². The highest BCUT2D eigenvalue weighted by atomic mass is 32.2. The number of ether oxygens (including phenoxy) is 2. The molecule has 1 heterocycles. The molecule has 0 unspecified atom stereocenters. The molecule has 2 fully saturated rings. The number of rotatable bonds is 4. The van der Waals surface area contributed by atoms with Gasteiger partial charge in [-0.05, 0) is 48.4 Å². The quantitative estimate of drug-likeness (QED) is 0.860. The van der Waals surface area contributed by atoms with E-state index in [1.807, 2.05) is 18.2 Å². The van der Waals surface area contributed by atoms with Gasteiger partial charge in [-0.2, -0.15) is 0 Å². The number of amides is 1. The number of benzene rings is 1. The zero-order chi connectivity index (χ0) is 16.2. The van der Waals surface area contributed by atoms with Crippen LogP contribution in [0.2, 0.25) is 0 Å². The SMILES string of the molecule is COc1cc(/C=C2\SC(=NC3CCCC3)NC2=O)cc(OC)c1. The summed E-state index contributed by atoms with van der Waals surface area (Å²) in [4.78, 5) is 17.4. The average Bonchev–Trinajstić information content (AvgIpc) is 3.17. The predicted octanol–water partition coefficient (Wildman–Crippen LogP) is 3.21. The van der Waals surface area contributed by atoms with Crippen LogP contribution in [-0.4, -0.2) is 31.3 Å². The normalized spacial score (nSPS) is 21.9. The molecule has 0 bridgehead atoms. The zero-order valence-corrected chi connectivity index (χ0v) is 14.1. The lowest BCUT2D eigenvalue weighted by Crippen LogP contribution is -2.21. The minimum atomic E-state index is -0.103. The van der Waals surface area contributed by atoms with Crippen LogP contribution in [0, 0.1) is 0 Å². The minimum Gasteiger partial charge on any atom is -0.497 e. The summed E-state index contributed by atoms with van der Waals surface area (Å²) in [5, 5.41) is 3.56. The van der Waals surface area contributed by atoms with Gasteiger partial charge in [-0.1, -0.05) is 12.8 Å². The Bertz CT molecular complexity index is 642. The first-order valence-corrected chi connectivity index (χ1v) is 8.51. The molecular formula is C17H20N2O3S. The second kappa shape index (κ2) is 7.08. The molecule has 6 heteroatoms. The number of thioether (sulfide) groups is 1. The van der Waals surface area contributed by atoms with Crippen molar-refractivity contribution in [3.63, 3.8) is 0 Å². The van der Waals surface area contributed by atoms with Crippen molar-refractivity contribution in [2.75, 3.05) is 14.2 Å². The van der Waals surface area contributed by atoms with Crippen LogP contribution in [0.3, 0.4) is 0 Å². The van der Waals surface area contributed by atoms with Crippen LogP contribution in [0.5, 0.6) is 11.5 Å². The van der Waals surface area contributed by atoms with Crippen molar-refractivity contribution in [1.82, 2.24) is 5.32 Å². The van der Waals surface area contributed by atoms with Crippen LogP contribution in [-0.2, 0) is 4.79 Å². The molecule has 1 N–H and O–H groups in total. The molecular weight excluding hydrogens is 312 g/mol. The Balaban J connectivity index is 1.81. The molecule has 1 saturated carbocycles. The summed E-state index contributed by atoms with van der Waals surface area (Å²) in [7, 11) is 3.21. The highest BCUT2D eigenvalue weighted by Crippen LogP contribution is 2.31. The molecule has 1 amide bonds. The van der Waals surface area contributed by atoms with Crippen molar-refractivity contribution >= 4 is 28.9 Å². The van der Waals surface area contributed by atoms with Crippen LogP contribution in [0.4, 0.5) is 0 Å². The van der Waals surface area contributed by atoms with Gasteiger partial charge in [0.15, 0.2) is 5.17 Å². The molecule has 1 saturated heterocycles. The molecule has 1 aromatic carbocycles. The smallest absolute Gasteiger partial charge is 0.264 e. The molecule has 5 nitrogen and oxygen atoms in total. The molecule has 3 rings (SSSR count). The van der Waals surface area contributed by atoms with Gasteiger partial charge in [0.25, 0.3) is 5.91 Å². The van der Waals surface area contributed by atoms with E-state index < -0.39 is 0 Å². The molecule has 1 aliphatic heterocycles. The number of carbonyl (C=O) groups is 1. The van der Waals surface area contributed by atoms with E-state index in [0.29, 0.717) is 27.6 Å². The molecule has 0 aromatic heterocycles. The third-order valence-electron chi connectivity index (χ3n) is 3.95. The lowest BCUT2D eigenvalue weighted by Gasteiger charge is -2.06. The van der Waals surface area contributed by atoms with Crippen LogP contribution < -0.4 is 14.8 Å². The van der Waals surface area contributed by atoms with Gasteiger partial charge in [-0.3, -0.25) is 9.79 Å². The third kappa shape index (κ3) is 3.88. The van der Waals surface area contributed by atoms with E-state index >= 15 is 0 Å². The van der Waals surface area contributed by atoms with Crippen LogP contribution in [0.15, 0.2) is 28.1 Å². The standard InChI is InChI=1S/C17H20N2O3S/c1-21-13-7-11(8-14(10-13)22-2)9-15-16(20)19-17(23-15)18-12-5-3-4-6-12/h7-10,12H,3-6H2,1-2H3,(H,18,19,20)/b15-9-. The molecule has 2 aliphatic rings. The zero-order valence-electron chi connectivity index (χ0n) is 13.3. The first kappa shape index (κ1) is 15.9. The van der Waals surface area contributed by atoms with Gasteiger partial charge < -0.3 is 14.8 Å². The Kier molecular flexibility index (Phi) is 4.91. The van der Waals surface area contributed by atoms with Crippen LogP contribution in [0.1, 0.15) is 31.2 Å². The van der Waals surface area contributed by atoms with Crippen LogP contribution in [0.25, 0.3) is 6.08 Å². The van der Waals surface area contributed by atoms with Crippen molar-refractivity contribution in [1.29, 1.82) is 0 Å². The first-order chi connectivity index (χ1) is 11.2. The Hall–Kier alpha value is -1.95. The largest absolute Gasteiger partial charge is 0.497 e. The fourth-order valence-electron chi connectivity index (χ4n) is 2.75. The fourth-order valence-corrected chi connectivity index (χ4v) is 3.64. The van der Waals surface area contributed by atoms with Gasteiger partial charge in [-0.25, -0.2) is 0 Å². The van der Waals surface area contributed by atoms with Gasteiger partial charge in [0.1, 0.15) is 11.5 Å². The topological polar surface area (TPSA) is 59.9 Å². The second-order valence-corrected chi connectivity index (χ2v) is 6.61. The monoisotopic (exact) mass is 332 g/mol. The van der Waals surface area contributed by atoms with E-state index in [-0.39, 0.29) is 5.91 Å². The summed E-state index contributed by atoms with van der Waals surface area (Å²) in [6.07, 6.45) is 6.53.